The molecule has 0 heterocycles. The van der Waals surface area contributed by atoms with Crippen molar-refractivity contribution in [2.45, 2.75) is 13.0 Å². The third-order valence-electron chi connectivity index (χ3n) is 2.04. The molecule has 4 nitrogen and oxygen atoms in total. The van der Waals surface area contributed by atoms with E-state index in [0.717, 1.165) is 0 Å². The van der Waals surface area contributed by atoms with E-state index in [-0.39, 0.29) is 6.10 Å². The standard InChI is InChI=1S/C10H15BO4/c1-8(14-2)7-15-10-5-3-4-9(6-10)11(12)13/h3-6,8,12-13H,7H2,1-2H3. The summed E-state index contributed by atoms with van der Waals surface area (Å²) in [4.78, 5) is 0. The first-order valence-electron chi connectivity index (χ1n) is 4.75. The smallest absolute Gasteiger partial charge is 0.488 e. The fourth-order valence-corrected chi connectivity index (χ4v) is 1.05. The molecule has 0 aromatic heterocycles. The predicted octanol–water partition coefficient (Wildman–Crippen LogP) is -0.220. The van der Waals surface area contributed by atoms with Gasteiger partial charge in [0.1, 0.15) is 12.4 Å². The Hall–Kier alpha value is -1.04. The maximum atomic E-state index is 8.95. The van der Waals surface area contributed by atoms with E-state index in [0.29, 0.717) is 17.8 Å². The number of methoxy groups -OCH3 is 1. The van der Waals surface area contributed by atoms with Gasteiger partial charge in [-0.3, -0.25) is 0 Å². The van der Waals surface area contributed by atoms with Crippen molar-refractivity contribution in [1.82, 2.24) is 0 Å². The Balaban J connectivity index is 2.58. The molecule has 0 saturated carbocycles. The lowest BCUT2D eigenvalue weighted by atomic mass is 9.80. The highest BCUT2D eigenvalue weighted by Crippen LogP contribution is 2.08. The number of hydrogen-bond donors (Lipinski definition) is 2. The molecule has 0 amide bonds. The zero-order valence-electron chi connectivity index (χ0n) is 8.88. The Kier molecular flexibility index (Phi) is 4.61. The van der Waals surface area contributed by atoms with Gasteiger partial charge in [-0.2, -0.15) is 0 Å². The van der Waals surface area contributed by atoms with E-state index in [1.54, 1.807) is 31.4 Å². The van der Waals surface area contributed by atoms with Crippen LogP contribution < -0.4 is 10.2 Å². The maximum absolute atomic E-state index is 8.95. The van der Waals surface area contributed by atoms with Crippen LogP contribution in [0.1, 0.15) is 6.92 Å². The van der Waals surface area contributed by atoms with Crippen molar-refractivity contribution in [3.8, 4) is 5.75 Å². The first-order valence-corrected chi connectivity index (χ1v) is 4.75. The zero-order valence-corrected chi connectivity index (χ0v) is 8.88. The van der Waals surface area contributed by atoms with E-state index in [1.807, 2.05) is 6.92 Å². The summed E-state index contributed by atoms with van der Waals surface area (Å²) < 4.78 is 10.4. The van der Waals surface area contributed by atoms with Gasteiger partial charge in [0.05, 0.1) is 6.10 Å². The molecule has 1 rings (SSSR count). The first-order chi connectivity index (χ1) is 7.13. The highest BCUT2D eigenvalue weighted by Gasteiger charge is 2.11. The van der Waals surface area contributed by atoms with Gasteiger partial charge in [-0.1, -0.05) is 12.1 Å². The maximum Gasteiger partial charge on any atom is 0.488 e. The van der Waals surface area contributed by atoms with Crippen LogP contribution in [0.2, 0.25) is 0 Å². The third kappa shape index (κ3) is 3.91. The number of hydrogen-bond acceptors (Lipinski definition) is 4. The van der Waals surface area contributed by atoms with E-state index in [9.17, 15) is 0 Å². The normalized spacial score (nSPS) is 12.3. The molecule has 1 unspecified atom stereocenters. The minimum absolute atomic E-state index is 0.00714. The molecule has 82 valence electrons. The van der Waals surface area contributed by atoms with Crippen LogP contribution in [-0.4, -0.2) is 37.0 Å². The van der Waals surface area contributed by atoms with Gasteiger partial charge in [0, 0.05) is 7.11 Å². The lowest BCUT2D eigenvalue weighted by Gasteiger charge is -2.12. The van der Waals surface area contributed by atoms with E-state index in [4.69, 9.17) is 19.5 Å². The van der Waals surface area contributed by atoms with Crippen molar-refractivity contribution in [3.63, 3.8) is 0 Å². The highest BCUT2D eigenvalue weighted by atomic mass is 16.5. The molecule has 0 bridgehead atoms. The average Bonchev–Trinajstić information content (AvgIpc) is 2.26. The molecule has 0 aliphatic heterocycles. The topological polar surface area (TPSA) is 58.9 Å². The molecule has 1 atom stereocenters. The lowest BCUT2D eigenvalue weighted by molar-refractivity contribution is 0.0717. The summed E-state index contributed by atoms with van der Waals surface area (Å²) in [5.41, 5.74) is 0.414. The fourth-order valence-electron chi connectivity index (χ4n) is 1.05. The molecular formula is C10H15BO4. The van der Waals surface area contributed by atoms with Crippen molar-refractivity contribution in [3.05, 3.63) is 24.3 Å². The van der Waals surface area contributed by atoms with Gasteiger partial charge in [-0.05, 0) is 24.5 Å². The summed E-state index contributed by atoms with van der Waals surface area (Å²) >= 11 is 0. The highest BCUT2D eigenvalue weighted by molar-refractivity contribution is 6.58. The molecule has 0 saturated heterocycles. The minimum Gasteiger partial charge on any atom is -0.491 e. The molecule has 1 aromatic carbocycles. The number of ether oxygens (including phenoxy) is 2. The van der Waals surface area contributed by atoms with E-state index in [2.05, 4.69) is 0 Å². The SMILES string of the molecule is COC(C)COc1cccc(B(O)O)c1. The second-order valence-corrected chi connectivity index (χ2v) is 3.30. The monoisotopic (exact) mass is 210 g/mol. The van der Waals surface area contributed by atoms with Crippen molar-refractivity contribution in [2.24, 2.45) is 0 Å². The van der Waals surface area contributed by atoms with Gasteiger partial charge in [-0.15, -0.1) is 0 Å². The van der Waals surface area contributed by atoms with Crippen LogP contribution in [0.4, 0.5) is 0 Å². The van der Waals surface area contributed by atoms with Crippen LogP contribution in [0, 0.1) is 0 Å². The summed E-state index contributed by atoms with van der Waals surface area (Å²) in [6.45, 7) is 2.33. The molecular weight excluding hydrogens is 195 g/mol. The van der Waals surface area contributed by atoms with E-state index < -0.39 is 7.12 Å². The summed E-state index contributed by atoms with van der Waals surface area (Å²) in [7, 11) is 0.149. The van der Waals surface area contributed by atoms with Crippen molar-refractivity contribution in [2.75, 3.05) is 13.7 Å². The van der Waals surface area contributed by atoms with Crippen LogP contribution >= 0.6 is 0 Å². The molecule has 1 aromatic rings. The quantitative estimate of drug-likeness (QED) is 0.659. The summed E-state index contributed by atoms with van der Waals surface area (Å²) in [5, 5.41) is 17.9. The van der Waals surface area contributed by atoms with Gasteiger partial charge >= 0.3 is 7.12 Å². The largest absolute Gasteiger partial charge is 0.491 e. The van der Waals surface area contributed by atoms with Gasteiger partial charge in [0.15, 0.2) is 0 Å². The zero-order chi connectivity index (χ0) is 11.3. The number of rotatable bonds is 5. The fraction of sp³-hybridized carbons (Fsp3) is 0.400. The Morgan fingerprint density at radius 3 is 2.73 bits per heavy atom. The Morgan fingerprint density at radius 2 is 2.13 bits per heavy atom. The molecule has 0 spiro atoms. The Labute approximate surface area is 89.6 Å². The molecule has 15 heavy (non-hydrogen) atoms. The molecule has 0 radical (unpaired) electrons. The van der Waals surface area contributed by atoms with Crippen molar-refractivity contribution >= 4 is 12.6 Å². The summed E-state index contributed by atoms with van der Waals surface area (Å²) in [5.74, 6) is 0.601. The van der Waals surface area contributed by atoms with Gasteiger partial charge < -0.3 is 19.5 Å². The number of benzene rings is 1. The van der Waals surface area contributed by atoms with E-state index >= 15 is 0 Å². The van der Waals surface area contributed by atoms with Crippen LogP contribution in [0.15, 0.2) is 24.3 Å². The second kappa shape index (κ2) is 5.75. The van der Waals surface area contributed by atoms with Crippen LogP contribution in [-0.2, 0) is 4.74 Å². The minimum atomic E-state index is -1.46. The molecule has 0 aliphatic carbocycles. The molecule has 5 heteroatoms. The van der Waals surface area contributed by atoms with Gasteiger partial charge in [0.2, 0.25) is 0 Å². The summed E-state index contributed by atoms with van der Waals surface area (Å²) in [6, 6.07) is 6.68. The molecule has 0 aliphatic rings. The average molecular weight is 210 g/mol. The van der Waals surface area contributed by atoms with E-state index in [1.165, 1.54) is 0 Å². The predicted molar refractivity (Wildman–Crippen MR) is 58.2 cm³/mol. The first kappa shape index (κ1) is 12.0. The van der Waals surface area contributed by atoms with Crippen molar-refractivity contribution < 1.29 is 19.5 Å². The van der Waals surface area contributed by atoms with Crippen LogP contribution in [0.5, 0.6) is 5.75 Å². The third-order valence-corrected chi connectivity index (χ3v) is 2.04. The Bertz CT molecular complexity index is 303. The van der Waals surface area contributed by atoms with Crippen LogP contribution in [0.3, 0.4) is 0 Å². The Morgan fingerprint density at radius 1 is 1.40 bits per heavy atom. The van der Waals surface area contributed by atoms with Crippen molar-refractivity contribution in [1.29, 1.82) is 0 Å². The summed E-state index contributed by atoms with van der Waals surface area (Å²) in [6.07, 6.45) is 0.00714. The second-order valence-electron chi connectivity index (χ2n) is 3.30. The lowest BCUT2D eigenvalue weighted by Crippen LogP contribution is -2.29. The molecule has 2 N–H and O–H groups in total. The molecule has 0 fully saturated rings. The van der Waals surface area contributed by atoms with Gasteiger partial charge in [0.25, 0.3) is 0 Å². The van der Waals surface area contributed by atoms with Crippen LogP contribution in [0.25, 0.3) is 0 Å². The van der Waals surface area contributed by atoms with Gasteiger partial charge in [-0.25, -0.2) is 0 Å².